The molecule has 0 bridgehead atoms. The predicted octanol–water partition coefficient (Wildman–Crippen LogP) is -2.78. The SMILES string of the molecule is [B]C1C([B])([B])C([B])([B])C([B])([B])C([B])([B])C1([B])[B]. The summed E-state index contributed by atoms with van der Waals surface area (Å²) in [5, 5.41) is -10.3. The summed E-state index contributed by atoms with van der Waals surface area (Å²) in [6, 6.07) is 0. The first-order valence-corrected chi connectivity index (χ1v) is 4.80. The zero-order valence-electron chi connectivity index (χ0n) is 9.43. The lowest BCUT2D eigenvalue weighted by molar-refractivity contribution is 0.353. The summed E-state index contributed by atoms with van der Waals surface area (Å²) in [4.78, 5) is 0. The molecule has 0 heterocycles. The van der Waals surface area contributed by atoms with Crippen molar-refractivity contribution in [3.63, 3.8) is 0 Å². The molecule has 22 radical (unpaired) electrons. The van der Waals surface area contributed by atoms with Crippen LogP contribution in [0.1, 0.15) is 0 Å². The number of rotatable bonds is 0. The molecule has 17 heavy (non-hydrogen) atoms. The Morgan fingerprint density at radius 2 is 0.706 bits per heavy atom. The molecular weight excluding hydrogens is 191 g/mol. The molecular formula is C6HB11. The lowest BCUT2D eigenvalue weighted by Crippen LogP contribution is -2.62. The highest BCUT2D eigenvalue weighted by Gasteiger charge is 2.62. The van der Waals surface area contributed by atoms with E-state index in [1.54, 1.807) is 0 Å². The van der Waals surface area contributed by atoms with Gasteiger partial charge in [-0.2, -0.15) is 0 Å². The van der Waals surface area contributed by atoms with Gasteiger partial charge in [-0.15, -0.1) is 26.1 Å². The van der Waals surface area contributed by atoms with Crippen molar-refractivity contribution in [1.82, 2.24) is 0 Å². The van der Waals surface area contributed by atoms with Gasteiger partial charge in [0, 0.05) is 0 Å². The monoisotopic (exact) mass is 194 g/mol. The molecule has 1 aliphatic rings. The van der Waals surface area contributed by atoms with Crippen molar-refractivity contribution in [2.45, 2.75) is 31.9 Å². The highest BCUT2D eigenvalue weighted by molar-refractivity contribution is 6.71. The van der Waals surface area contributed by atoms with Crippen LogP contribution in [0, 0.1) is 0 Å². The van der Waals surface area contributed by atoms with E-state index in [1.807, 2.05) is 0 Å². The minimum absolute atomic E-state index is 1.33. The van der Waals surface area contributed by atoms with Crippen LogP contribution in [0.2, 0.25) is 31.9 Å². The van der Waals surface area contributed by atoms with Gasteiger partial charge in [0.2, 0.25) is 0 Å². The van der Waals surface area contributed by atoms with E-state index < -0.39 is 31.9 Å². The molecule has 11 heteroatoms. The van der Waals surface area contributed by atoms with E-state index in [4.69, 9.17) is 86.3 Å². The highest BCUT2D eigenvalue weighted by Crippen LogP contribution is 2.81. The predicted molar refractivity (Wildman–Crippen MR) is 80.5 cm³/mol. The molecule has 0 amide bonds. The molecule has 1 aliphatic carbocycles. The maximum absolute atomic E-state index is 5.75. The second-order valence-corrected chi connectivity index (χ2v) is 4.95. The minimum atomic E-state index is -2.15. The van der Waals surface area contributed by atoms with E-state index in [1.165, 1.54) is 0 Å². The molecule has 1 fully saturated rings. The second-order valence-electron chi connectivity index (χ2n) is 4.95. The number of hydrogen-bond donors (Lipinski definition) is 0. The first kappa shape index (κ1) is 15.8. The first-order chi connectivity index (χ1) is 7.15. The maximum Gasteiger partial charge on any atom is 0.0673 e. The average molecular weight is 192 g/mol. The molecule has 0 spiro atoms. The third-order valence-electron chi connectivity index (χ3n) is 3.83. The fraction of sp³-hybridized carbons (Fsp3) is 1.00. The van der Waals surface area contributed by atoms with Gasteiger partial charge in [-0.25, -0.2) is 0 Å². The van der Waals surface area contributed by atoms with Gasteiger partial charge in [-0.1, -0.05) is 5.82 Å². The van der Waals surface area contributed by atoms with E-state index >= 15 is 0 Å². The first-order valence-electron chi connectivity index (χ1n) is 4.80. The van der Waals surface area contributed by atoms with Crippen LogP contribution in [-0.2, 0) is 0 Å². The molecule has 0 nitrogen and oxygen atoms in total. The van der Waals surface area contributed by atoms with Crippen molar-refractivity contribution in [2.75, 3.05) is 0 Å². The Morgan fingerprint density at radius 1 is 0.471 bits per heavy atom. The molecule has 0 aromatic rings. The summed E-state index contributed by atoms with van der Waals surface area (Å²) in [6.07, 6.45) is 0. The van der Waals surface area contributed by atoms with Crippen LogP contribution >= 0.6 is 0 Å². The van der Waals surface area contributed by atoms with Crippen LogP contribution in [0.4, 0.5) is 0 Å². The van der Waals surface area contributed by atoms with Crippen LogP contribution < -0.4 is 0 Å². The third-order valence-corrected chi connectivity index (χ3v) is 3.83. The van der Waals surface area contributed by atoms with Gasteiger partial charge in [0.15, 0.2) is 0 Å². The van der Waals surface area contributed by atoms with E-state index in [0.29, 0.717) is 0 Å². The molecule has 1 saturated carbocycles. The smallest absolute Gasteiger partial charge is 0.0673 e. The van der Waals surface area contributed by atoms with E-state index in [2.05, 4.69) is 0 Å². The summed E-state index contributed by atoms with van der Waals surface area (Å²) in [5.74, 6) is -1.33. The molecule has 0 N–H and O–H groups in total. The van der Waals surface area contributed by atoms with Crippen LogP contribution in [0.25, 0.3) is 0 Å². The Balaban J connectivity index is 3.56. The van der Waals surface area contributed by atoms with E-state index in [-0.39, 0.29) is 0 Å². The Morgan fingerprint density at radius 3 is 0.941 bits per heavy atom. The van der Waals surface area contributed by atoms with E-state index in [0.717, 1.165) is 0 Å². The Hall–Kier alpha value is 0.714. The van der Waals surface area contributed by atoms with Gasteiger partial charge >= 0.3 is 0 Å². The largest absolute Gasteiger partial charge is 0.119 e. The Kier molecular flexibility index (Phi) is 3.37. The van der Waals surface area contributed by atoms with Crippen LogP contribution in [0.15, 0.2) is 0 Å². The Bertz CT molecular complexity index is 299. The second kappa shape index (κ2) is 3.63. The maximum atomic E-state index is 5.75. The normalized spacial score (nSPS) is 32.7. The molecule has 0 aromatic heterocycles. The molecule has 58 valence electrons. The summed E-state index contributed by atoms with van der Waals surface area (Å²) >= 11 is 0. The van der Waals surface area contributed by atoms with Gasteiger partial charge in [0.25, 0.3) is 0 Å². The van der Waals surface area contributed by atoms with Crippen LogP contribution in [0.5, 0.6) is 0 Å². The zero-order chi connectivity index (χ0) is 14.1. The van der Waals surface area contributed by atoms with Crippen molar-refractivity contribution >= 4 is 86.3 Å². The van der Waals surface area contributed by atoms with Crippen LogP contribution in [0.3, 0.4) is 0 Å². The fourth-order valence-electron chi connectivity index (χ4n) is 1.97. The molecule has 0 aromatic carbocycles. The van der Waals surface area contributed by atoms with Crippen LogP contribution in [-0.4, -0.2) is 86.3 Å². The average Bonchev–Trinajstić information content (AvgIpc) is 2.13. The molecule has 0 aliphatic heterocycles. The highest BCUT2D eigenvalue weighted by atomic mass is 14.5. The van der Waals surface area contributed by atoms with Gasteiger partial charge in [0.1, 0.15) is 0 Å². The lowest BCUT2D eigenvalue weighted by Gasteiger charge is -2.77. The number of hydrogen-bond acceptors (Lipinski definition) is 0. The summed E-state index contributed by atoms with van der Waals surface area (Å²) in [7, 11) is 63.2. The van der Waals surface area contributed by atoms with Crippen molar-refractivity contribution < 1.29 is 0 Å². The van der Waals surface area contributed by atoms with Gasteiger partial charge < -0.3 is 0 Å². The van der Waals surface area contributed by atoms with Crippen molar-refractivity contribution in [1.29, 1.82) is 0 Å². The minimum Gasteiger partial charge on any atom is -0.119 e. The Labute approximate surface area is 118 Å². The quantitative estimate of drug-likeness (QED) is 0.364. The zero-order valence-corrected chi connectivity index (χ0v) is 9.43. The molecule has 0 atom stereocenters. The van der Waals surface area contributed by atoms with Crippen molar-refractivity contribution in [3.8, 4) is 0 Å². The van der Waals surface area contributed by atoms with Crippen molar-refractivity contribution in [2.24, 2.45) is 0 Å². The lowest BCUT2D eigenvalue weighted by atomic mass is 8.99. The summed E-state index contributed by atoms with van der Waals surface area (Å²) in [5.41, 5.74) is 0. The summed E-state index contributed by atoms with van der Waals surface area (Å²) in [6.45, 7) is 0. The third kappa shape index (κ3) is 1.52. The van der Waals surface area contributed by atoms with Gasteiger partial charge in [0.05, 0.1) is 86.3 Å². The van der Waals surface area contributed by atoms with Gasteiger partial charge in [-0.3, -0.25) is 0 Å². The van der Waals surface area contributed by atoms with E-state index in [9.17, 15) is 0 Å². The fourth-order valence-corrected chi connectivity index (χ4v) is 1.97. The summed E-state index contributed by atoms with van der Waals surface area (Å²) < 4.78 is 0. The topological polar surface area (TPSA) is 0 Å². The molecule has 0 saturated heterocycles. The van der Waals surface area contributed by atoms with Gasteiger partial charge in [-0.05, 0) is 0 Å². The molecule has 1 rings (SSSR count). The van der Waals surface area contributed by atoms with Crippen molar-refractivity contribution in [3.05, 3.63) is 0 Å². The standard InChI is InChI=1S/C6HB11/c7-1-2(8,9)4(12,13)6(16,17)5(14,15)3(1,10)11/h1H. The molecule has 0 unspecified atom stereocenters.